The largest absolute Gasteiger partial charge is 0.0617 e. The third kappa shape index (κ3) is 0.643. The Bertz CT molecular complexity index is 615. The van der Waals surface area contributed by atoms with Gasteiger partial charge in [0.1, 0.15) is 0 Å². The number of hydrogen-bond donors (Lipinski definition) is 0. The van der Waals surface area contributed by atoms with Crippen molar-refractivity contribution in [3.63, 3.8) is 0 Å². The Labute approximate surface area is 101 Å². The SMILES string of the molecule is C1=CC2=CC=C3C=CC=C4C=CC(=C1)C21CC431. The summed E-state index contributed by atoms with van der Waals surface area (Å²) in [6.07, 6.45) is 24.1. The maximum atomic E-state index is 2.32. The van der Waals surface area contributed by atoms with E-state index < -0.39 is 0 Å². The van der Waals surface area contributed by atoms with E-state index in [2.05, 4.69) is 60.8 Å². The molecular formula is C17H12. The Hall–Kier alpha value is -1.82. The molecule has 5 rings (SSSR count). The summed E-state index contributed by atoms with van der Waals surface area (Å²) in [5, 5.41) is 0. The third-order valence-corrected chi connectivity index (χ3v) is 5.09. The van der Waals surface area contributed by atoms with Gasteiger partial charge in [0.05, 0.1) is 0 Å². The molecule has 0 aromatic rings. The van der Waals surface area contributed by atoms with Crippen LogP contribution in [-0.4, -0.2) is 0 Å². The fourth-order valence-corrected chi connectivity index (χ4v) is 4.31. The van der Waals surface area contributed by atoms with Crippen molar-refractivity contribution >= 4 is 0 Å². The normalized spacial score (nSPS) is 41.9. The lowest BCUT2D eigenvalue weighted by Gasteiger charge is -2.38. The molecule has 17 heavy (non-hydrogen) atoms. The van der Waals surface area contributed by atoms with Crippen LogP contribution in [0.4, 0.5) is 0 Å². The summed E-state index contributed by atoms with van der Waals surface area (Å²) < 4.78 is 0. The van der Waals surface area contributed by atoms with E-state index in [1.54, 1.807) is 0 Å². The van der Waals surface area contributed by atoms with E-state index in [9.17, 15) is 0 Å². The van der Waals surface area contributed by atoms with E-state index in [-0.39, 0.29) is 10.8 Å². The predicted octanol–water partition coefficient (Wildman–Crippen LogP) is 3.79. The molecule has 0 N–H and O–H groups in total. The zero-order chi connectivity index (χ0) is 11.1. The Morgan fingerprint density at radius 3 is 1.59 bits per heavy atom. The molecule has 0 bridgehead atoms. The summed E-state index contributed by atoms with van der Waals surface area (Å²) in [6, 6.07) is 0. The first kappa shape index (κ1) is 8.30. The van der Waals surface area contributed by atoms with Crippen LogP contribution in [0.5, 0.6) is 0 Å². The van der Waals surface area contributed by atoms with Crippen LogP contribution >= 0.6 is 0 Å². The first-order valence-electron chi connectivity index (χ1n) is 6.27. The Morgan fingerprint density at radius 1 is 0.588 bits per heavy atom. The molecule has 5 aliphatic rings. The van der Waals surface area contributed by atoms with Gasteiger partial charge in [-0.1, -0.05) is 60.8 Å². The van der Waals surface area contributed by atoms with Crippen LogP contribution in [0.15, 0.2) is 83.1 Å². The van der Waals surface area contributed by atoms with E-state index in [1.807, 2.05) is 0 Å². The summed E-state index contributed by atoms with van der Waals surface area (Å²) in [7, 11) is 0. The van der Waals surface area contributed by atoms with Crippen molar-refractivity contribution in [2.45, 2.75) is 6.42 Å². The minimum atomic E-state index is 0.289. The molecule has 0 aromatic carbocycles. The van der Waals surface area contributed by atoms with E-state index in [0.29, 0.717) is 0 Å². The molecule has 0 nitrogen and oxygen atoms in total. The summed E-state index contributed by atoms with van der Waals surface area (Å²) in [6.45, 7) is 0. The van der Waals surface area contributed by atoms with Crippen molar-refractivity contribution < 1.29 is 0 Å². The second-order valence-electron chi connectivity index (χ2n) is 5.53. The maximum absolute atomic E-state index is 2.32. The number of hydrogen-bond acceptors (Lipinski definition) is 0. The smallest absolute Gasteiger partial charge is 0.0352 e. The summed E-state index contributed by atoms with van der Waals surface area (Å²) in [5.74, 6) is 0. The van der Waals surface area contributed by atoms with Gasteiger partial charge in [0.15, 0.2) is 0 Å². The van der Waals surface area contributed by atoms with Gasteiger partial charge in [0.2, 0.25) is 0 Å². The molecule has 2 unspecified atom stereocenters. The van der Waals surface area contributed by atoms with Crippen LogP contribution in [-0.2, 0) is 0 Å². The second kappa shape index (κ2) is 2.24. The number of rotatable bonds is 0. The Balaban J connectivity index is 1.95. The first-order valence-corrected chi connectivity index (χ1v) is 6.27. The molecule has 1 fully saturated rings. The second-order valence-corrected chi connectivity index (χ2v) is 5.53. The van der Waals surface area contributed by atoms with Crippen LogP contribution in [0.25, 0.3) is 0 Å². The minimum absolute atomic E-state index is 0.289. The molecule has 0 saturated heterocycles. The summed E-state index contributed by atoms with van der Waals surface area (Å²) >= 11 is 0. The highest BCUT2D eigenvalue weighted by Gasteiger charge is 2.74. The van der Waals surface area contributed by atoms with E-state index >= 15 is 0 Å². The van der Waals surface area contributed by atoms with Crippen LogP contribution < -0.4 is 0 Å². The quantitative estimate of drug-likeness (QED) is 0.578. The first-order chi connectivity index (χ1) is 8.38. The van der Waals surface area contributed by atoms with Crippen molar-refractivity contribution in [2.24, 2.45) is 10.8 Å². The van der Waals surface area contributed by atoms with Crippen LogP contribution in [0.2, 0.25) is 0 Å². The van der Waals surface area contributed by atoms with Gasteiger partial charge in [-0.15, -0.1) is 0 Å². The zero-order valence-electron chi connectivity index (χ0n) is 9.48. The monoisotopic (exact) mass is 216 g/mol. The highest BCUT2D eigenvalue weighted by molar-refractivity contribution is 5.73. The lowest BCUT2D eigenvalue weighted by molar-refractivity contribution is 0.564. The maximum Gasteiger partial charge on any atom is 0.0352 e. The van der Waals surface area contributed by atoms with Gasteiger partial charge in [0, 0.05) is 10.8 Å². The van der Waals surface area contributed by atoms with Gasteiger partial charge in [-0.25, -0.2) is 0 Å². The Kier molecular flexibility index (Phi) is 1.09. The van der Waals surface area contributed by atoms with Gasteiger partial charge in [-0.05, 0) is 28.7 Å². The van der Waals surface area contributed by atoms with Gasteiger partial charge in [-0.3, -0.25) is 0 Å². The molecule has 0 aliphatic heterocycles. The molecule has 5 aliphatic carbocycles. The van der Waals surface area contributed by atoms with Crippen LogP contribution in [0.1, 0.15) is 6.42 Å². The average Bonchev–Trinajstić information content (AvgIpc) is 3.07. The van der Waals surface area contributed by atoms with Crippen molar-refractivity contribution in [2.75, 3.05) is 0 Å². The van der Waals surface area contributed by atoms with E-state index in [0.717, 1.165) is 0 Å². The van der Waals surface area contributed by atoms with Crippen molar-refractivity contribution in [1.29, 1.82) is 0 Å². The summed E-state index contributed by atoms with van der Waals surface area (Å²) in [4.78, 5) is 0. The predicted molar refractivity (Wildman–Crippen MR) is 69.2 cm³/mol. The Morgan fingerprint density at radius 2 is 1.06 bits per heavy atom. The van der Waals surface area contributed by atoms with Gasteiger partial charge in [0.25, 0.3) is 0 Å². The summed E-state index contributed by atoms with van der Waals surface area (Å²) in [5.41, 5.74) is 6.59. The standard InChI is InChI=1S/C17H12/c1-3-12-7-9-14-5-2-6-15-10-8-13(4-1)16(12)11-17(14,15)16/h1-10H,11H2. The van der Waals surface area contributed by atoms with Crippen LogP contribution in [0, 0.1) is 10.8 Å². The molecular weight excluding hydrogens is 204 g/mol. The van der Waals surface area contributed by atoms with Crippen molar-refractivity contribution in [3.8, 4) is 0 Å². The lowest BCUT2D eigenvalue weighted by atomic mass is 9.65. The lowest BCUT2D eigenvalue weighted by Crippen LogP contribution is -2.28. The average molecular weight is 216 g/mol. The molecule has 2 spiro atoms. The fourth-order valence-electron chi connectivity index (χ4n) is 4.31. The topological polar surface area (TPSA) is 0 Å². The van der Waals surface area contributed by atoms with Gasteiger partial charge >= 0.3 is 0 Å². The van der Waals surface area contributed by atoms with E-state index in [1.165, 1.54) is 28.7 Å². The molecule has 80 valence electrons. The highest BCUT2D eigenvalue weighted by atomic mass is 14.7. The molecule has 2 atom stereocenters. The van der Waals surface area contributed by atoms with Crippen molar-refractivity contribution in [1.82, 2.24) is 0 Å². The molecule has 0 aromatic heterocycles. The van der Waals surface area contributed by atoms with Gasteiger partial charge < -0.3 is 0 Å². The number of allylic oxidation sites excluding steroid dienone is 14. The fraction of sp³-hybridized carbons (Fsp3) is 0.176. The molecule has 0 heteroatoms. The minimum Gasteiger partial charge on any atom is -0.0617 e. The highest BCUT2D eigenvalue weighted by Crippen LogP contribution is 2.82. The van der Waals surface area contributed by atoms with E-state index in [4.69, 9.17) is 0 Å². The molecule has 0 amide bonds. The van der Waals surface area contributed by atoms with Crippen LogP contribution in [0.3, 0.4) is 0 Å². The third-order valence-electron chi connectivity index (χ3n) is 5.09. The molecule has 1 saturated carbocycles. The van der Waals surface area contributed by atoms with Crippen molar-refractivity contribution in [3.05, 3.63) is 83.1 Å². The molecule has 0 heterocycles. The zero-order valence-corrected chi connectivity index (χ0v) is 9.48. The van der Waals surface area contributed by atoms with Gasteiger partial charge in [-0.2, -0.15) is 0 Å². The molecule has 0 radical (unpaired) electrons.